The molecule has 0 aliphatic heterocycles. The molecule has 2 nitrogen and oxygen atoms in total. The summed E-state index contributed by atoms with van der Waals surface area (Å²) < 4.78 is 5.49. The van der Waals surface area contributed by atoms with Crippen LogP contribution in [0.3, 0.4) is 0 Å². The number of hydrogen-bond donors (Lipinski definition) is 0. The minimum absolute atomic E-state index is 0.00681. The van der Waals surface area contributed by atoms with Crippen LogP contribution in [0.15, 0.2) is 35.2 Å². The smallest absolute Gasteiger partial charge is 0.151 e. The zero-order valence-corrected chi connectivity index (χ0v) is 9.50. The van der Waals surface area contributed by atoms with Gasteiger partial charge in [-0.2, -0.15) is 0 Å². The van der Waals surface area contributed by atoms with Gasteiger partial charge in [0.05, 0.1) is 11.4 Å². The molecule has 2 atom stereocenters. The van der Waals surface area contributed by atoms with Gasteiger partial charge >= 0.3 is 0 Å². The SMILES string of the molecule is CCO[C@@H]1CC(=O)[C@@H]1Sc1ccccc1. The van der Waals surface area contributed by atoms with E-state index in [9.17, 15) is 4.79 Å². The van der Waals surface area contributed by atoms with Crippen molar-refractivity contribution in [1.82, 2.24) is 0 Å². The number of Topliss-reactive ketones (excluding diaryl/α,β-unsaturated/α-hetero) is 1. The van der Waals surface area contributed by atoms with Gasteiger partial charge in [-0.05, 0) is 19.1 Å². The summed E-state index contributed by atoms with van der Waals surface area (Å²) >= 11 is 1.61. The average molecular weight is 222 g/mol. The van der Waals surface area contributed by atoms with E-state index in [0.717, 1.165) is 4.90 Å². The third kappa shape index (κ3) is 2.41. The molecule has 1 saturated carbocycles. The van der Waals surface area contributed by atoms with Gasteiger partial charge in [0.15, 0.2) is 5.78 Å². The van der Waals surface area contributed by atoms with E-state index in [-0.39, 0.29) is 11.4 Å². The van der Waals surface area contributed by atoms with Crippen LogP contribution in [0.2, 0.25) is 0 Å². The molecule has 0 spiro atoms. The van der Waals surface area contributed by atoms with Crippen molar-refractivity contribution >= 4 is 17.5 Å². The van der Waals surface area contributed by atoms with Crippen molar-refractivity contribution in [1.29, 1.82) is 0 Å². The van der Waals surface area contributed by atoms with E-state index < -0.39 is 0 Å². The third-order valence-electron chi connectivity index (χ3n) is 2.44. The van der Waals surface area contributed by atoms with E-state index >= 15 is 0 Å². The Bertz CT molecular complexity index is 337. The van der Waals surface area contributed by atoms with Crippen LogP contribution in [-0.2, 0) is 9.53 Å². The van der Waals surface area contributed by atoms with Crippen LogP contribution in [-0.4, -0.2) is 23.7 Å². The van der Waals surface area contributed by atoms with Crippen molar-refractivity contribution in [2.24, 2.45) is 0 Å². The van der Waals surface area contributed by atoms with Crippen LogP contribution in [0.5, 0.6) is 0 Å². The molecular formula is C12H14O2S. The fourth-order valence-electron chi connectivity index (χ4n) is 1.62. The Morgan fingerprint density at radius 2 is 2.13 bits per heavy atom. The number of carbonyl (C=O) groups is 1. The van der Waals surface area contributed by atoms with Gasteiger partial charge < -0.3 is 4.74 Å². The lowest BCUT2D eigenvalue weighted by Gasteiger charge is -2.33. The number of ether oxygens (including phenoxy) is 1. The Kier molecular flexibility index (Phi) is 3.44. The second kappa shape index (κ2) is 4.81. The second-order valence-corrected chi connectivity index (χ2v) is 4.73. The van der Waals surface area contributed by atoms with Crippen molar-refractivity contribution < 1.29 is 9.53 Å². The summed E-state index contributed by atoms with van der Waals surface area (Å²) in [5.41, 5.74) is 0. The number of carbonyl (C=O) groups excluding carboxylic acids is 1. The van der Waals surface area contributed by atoms with Crippen LogP contribution >= 0.6 is 11.8 Å². The highest BCUT2D eigenvalue weighted by atomic mass is 32.2. The Morgan fingerprint density at radius 1 is 1.40 bits per heavy atom. The number of benzene rings is 1. The summed E-state index contributed by atoms with van der Waals surface area (Å²) in [6.07, 6.45) is 0.700. The minimum Gasteiger partial charge on any atom is -0.376 e. The van der Waals surface area contributed by atoms with Crippen molar-refractivity contribution in [3.05, 3.63) is 30.3 Å². The predicted octanol–water partition coefficient (Wildman–Crippen LogP) is 2.53. The molecule has 0 bridgehead atoms. The quantitative estimate of drug-likeness (QED) is 0.783. The maximum absolute atomic E-state index is 11.4. The molecule has 1 fully saturated rings. The molecule has 2 rings (SSSR count). The Morgan fingerprint density at radius 3 is 2.73 bits per heavy atom. The number of thioether (sulfide) groups is 1. The molecule has 1 aromatic rings. The van der Waals surface area contributed by atoms with E-state index in [2.05, 4.69) is 0 Å². The maximum atomic E-state index is 11.4. The molecule has 0 unspecified atom stereocenters. The van der Waals surface area contributed by atoms with Crippen molar-refractivity contribution in [2.75, 3.05) is 6.61 Å². The molecule has 0 radical (unpaired) electrons. The van der Waals surface area contributed by atoms with Gasteiger partial charge in [0, 0.05) is 17.9 Å². The minimum atomic E-state index is 0.00681. The lowest BCUT2D eigenvalue weighted by atomic mass is 9.93. The maximum Gasteiger partial charge on any atom is 0.151 e. The van der Waals surface area contributed by atoms with Crippen molar-refractivity contribution in [2.45, 2.75) is 29.6 Å². The monoisotopic (exact) mass is 222 g/mol. The number of rotatable bonds is 4. The highest BCUT2D eigenvalue weighted by Crippen LogP contribution is 2.35. The van der Waals surface area contributed by atoms with Gasteiger partial charge in [0.1, 0.15) is 0 Å². The molecule has 1 aliphatic rings. The molecule has 0 saturated heterocycles. The number of ketones is 1. The summed E-state index contributed by atoms with van der Waals surface area (Å²) in [7, 11) is 0. The lowest BCUT2D eigenvalue weighted by molar-refractivity contribution is -0.132. The summed E-state index contributed by atoms with van der Waals surface area (Å²) in [5, 5.41) is 0.00681. The third-order valence-corrected chi connectivity index (χ3v) is 3.81. The van der Waals surface area contributed by atoms with Gasteiger partial charge in [-0.1, -0.05) is 18.2 Å². The van der Waals surface area contributed by atoms with E-state index in [1.807, 2.05) is 37.3 Å². The average Bonchev–Trinajstić information content (AvgIpc) is 2.27. The molecular weight excluding hydrogens is 208 g/mol. The van der Waals surface area contributed by atoms with Gasteiger partial charge in [-0.25, -0.2) is 0 Å². The molecule has 1 aliphatic carbocycles. The normalized spacial score (nSPS) is 25.0. The van der Waals surface area contributed by atoms with E-state index in [1.165, 1.54) is 0 Å². The molecule has 15 heavy (non-hydrogen) atoms. The first-order chi connectivity index (χ1) is 7.31. The van der Waals surface area contributed by atoms with E-state index in [4.69, 9.17) is 4.74 Å². The summed E-state index contributed by atoms with van der Waals surface area (Å²) in [6.45, 7) is 2.65. The Balaban J connectivity index is 1.96. The molecule has 0 amide bonds. The zero-order chi connectivity index (χ0) is 10.7. The summed E-state index contributed by atoms with van der Waals surface area (Å²) in [6, 6.07) is 10.0. The summed E-state index contributed by atoms with van der Waals surface area (Å²) in [4.78, 5) is 12.6. The molecule has 80 valence electrons. The Labute approximate surface area is 94.0 Å². The van der Waals surface area contributed by atoms with Crippen LogP contribution in [0.1, 0.15) is 13.3 Å². The molecule has 0 aromatic heterocycles. The van der Waals surface area contributed by atoms with E-state index in [1.54, 1.807) is 11.8 Å². The van der Waals surface area contributed by atoms with Crippen molar-refractivity contribution in [3.63, 3.8) is 0 Å². The first kappa shape index (κ1) is 10.7. The van der Waals surface area contributed by atoms with Gasteiger partial charge in [-0.3, -0.25) is 4.79 Å². The topological polar surface area (TPSA) is 26.3 Å². The fraction of sp³-hybridized carbons (Fsp3) is 0.417. The van der Waals surface area contributed by atoms with Crippen LogP contribution in [0, 0.1) is 0 Å². The predicted molar refractivity (Wildman–Crippen MR) is 61.1 cm³/mol. The van der Waals surface area contributed by atoms with Crippen molar-refractivity contribution in [3.8, 4) is 0 Å². The van der Waals surface area contributed by atoms with E-state index in [0.29, 0.717) is 18.8 Å². The second-order valence-electron chi connectivity index (χ2n) is 3.52. The number of hydrogen-bond acceptors (Lipinski definition) is 3. The first-order valence-corrected chi connectivity index (χ1v) is 6.05. The highest BCUT2D eigenvalue weighted by molar-refractivity contribution is 8.00. The summed E-state index contributed by atoms with van der Waals surface area (Å²) in [5.74, 6) is 0.308. The standard InChI is InChI=1S/C12H14O2S/c1-2-14-11-8-10(13)12(11)15-9-6-4-3-5-7-9/h3-7,11-12H,2,8H2,1H3/t11-,12+/m1/s1. The molecule has 1 aromatic carbocycles. The first-order valence-electron chi connectivity index (χ1n) is 5.17. The highest BCUT2D eigenvalue weighted by Gasteiger charge is 2.40. The lowest BCUT2D eigenvalue weighted by Crippen LogP contribution is -2.46. The van der Waals surface area contributed by atoms with Gasteiger partial charge in [0.25, 0.3) is 0 Å². The molecule has 3 heteroatoms. The Hall–Kier alpha value is -0.800. The zero-order valence-electron chi connectivity index (χ0n) is 8.68. The van der Waals surface area contributed by atoms with Crippen LogP contribution in [0.25, 0.3) is 0 Å². The molecule has 0 heterocycles. The fourth-order valence-corrected chi connectivity index (χ4v) is 2.78. The molecule has 0 N–H and O–H groups in total. The van der Waals surface area contributed by atoms with Gasteiger partial charge in [0.2, 0.25) is 0 Å². The van der Waals surface area contributed by atoms with Crippen LogP contribution in [0.4, 0.5) is 0 Å². The van der Waals surface area contributed by atoms with Gasteiger partial charge in [-0.15, -0.1) is 11.8 Å². The largest absolute Gasteiger partial charge is 0.376 e. The van der Waals surface area contributed by atoms with Crippen LogP contribution < -0.4 is 0 Å².